The van der Waals surface area contributed by atoms with Crippen LogP contribution in [0.5, 0.6) is 0 Å². The molecule has 0 unspecified atom stereocenters. The first kappa shape index (κ1) is 13.5. The van der Waals surface area contributed by atoms with E-state index in [2.05, 4.69) is 36.8 Å². The van der Waals surface area contributed by atoms with Crippen molar-refractivity contribution in [2.75, 3.05) is 0 Å². The highest BCUT2D eigenvalue weighted by Gasteiger charge is 2.36. The van der Waals surface area contributed by atoms with Crippen LogP contribution < -0.4 is 5.56 Å². The van der Waals surface area contributed by atoms with Gasteiger partial charge in [-0.25, -0.2) is 4.98 Å². The summed E-state index contributed by atoms with van der Waals surface area (Å²) in [5.41, 5.74) is -1.27. The van der Waals surface area contributed by atoms with Gasteiger partial charge in [0.15, 0.2) is 5.69 Å². The lowest BCUT2D eigenvalue weighted by Gasteiger charge is -2.10. The molecule has 0 atom stereocenters. The first-order valence-corrected chi connectivity index (χ1v) is 6.60. The number of fused-ring (bicyclic) bond motifs is 1. The Morgan fingerprint density at radius 3 is 2.56 bits per heavy atom. The molecule has 0 aliphatic rings. The van der Waals surface area contributed by atoms with Crippen LogP contribution in [-0.4, -0.2) is 9.38 Å². The van der Waals surface area contributed by atoms with E-state index in [4.69, 9.17) is 0 Å². The molecule has 0 aromatic carbocycles. The maximum Gasteiger partial charge on any atom is 0.434 e. The number of rotatable bonds is 1. The van der Waals surface area contributed by atoms with E-state index in [1.807, 2.05) is 0 Å². The Kier molecular flexibility index (Phi) is 3.50. The summed E-state index contributed by atoms with van der Waals surface area (Å²) in [6, 6.07) is 2.98. The molecule has 0 radical (unpaired) electrons. The zero-order valence-electron chi connectivity index (χ0n) is 8.63. The maximum absolute atomic E-state index is 12.7. The molecule has 2 aromatic rings. The third kappa shape index (κ3) is 2.31. The summed E-state index contributed by atoms with van der Waals surface area (Å²) >= 11 is 5.86. The van der Waals surface area contributed by atoms with Gasteiger partial charge in [-0.3, -0.25) is 9.20 Å². The number of pyridine rings is 1. The van der Waals surface area contributed by atoms with Gasteiger partial charge >= 0.3 is 6.18 Å². The zero-order valence-corrected chi connectivity index (χ0v) is 11.8. The lowest BCUT2D eigenvalue weighted by molar-refractivity contribution is -0.141. The zero-order chi connectivity index (χ0) is 13.5. The van der Waals surface area contributed by atoms with Crippen molar-refractivity contribution in [1.82, 2.24) is 9.38 Å². The number of hydrogen-bond donors (Lipinski definition) is 0. The first-order valence-electron chi connectivity index (χ1n) is 4.68. The second kappa shape index (κ2) is 4.65. The van der Waals surface area contributed by atoms with Gasteiger partial charge in [0.2, 0.25) is 0 Å². The molecule has 0 N–H and O–H groups in total. The Bertz CT molecular complexity index is 666. The molecule has 0 fully saturated rings. The van der Waals surface area contributed by atoms with Crippen molar-refractivity contribution in [2.45, 2.75) is 11.5 Å². The van der Waals surface area contributed by atoms with Crippen LogP contribution in [0.3, 0.4) is 0 Å². The molecule has 0 amide bonds. The van der Waals surface area contributed by atoms with Crippen LogP contribution in [0.1, 0.15) is 11.3 Å². The molecule has 0 spiro atoms. The largest absolute Gasteiger partial charge is 0.434 e. The topological polar surface area (TPSA) is 34.4 Å². The van der Waals surface area contributed by atoms with E-state index in [1.54, 1.807) is 6.07 Å². The second-order valence-electron chi connectivity index (χ2n) is 3.48. The van der Waals surface area contributed by atoms with Gasteiger partial charge in [0, 0.05) is 11.5 Å². The Morgan fingerprint density at radius 1 is 1.33 bits per heavy atom. The molecular formula is C10H5Br2F3N2O. The van der Waals surface area contributed by atoms with Gasteiger partial charge in [0.05, 0.1) is 0 Å². The predicted octanol–water partition coefficient (Wildman–Crippen LogP) is 3.37. The molecular weight excluding hydrogens is 381 g/mol. The summed E-state index contributed by atoms with van der Waals surface area (Å²) in [6.07, 6.45) is -3.22. The van der Waals surface area contributed by atoms with Gasteiger partial charge in [-0.2, -0.15) is 13.2 Å². The highest BCUT2D eigenvalue weighted by atomic mass is 79.9. The maximum atomic E-state index is 12.7. The van der Waals surface area contributed by atoms with Gasteiger partial charge in [-0.05, 0) is 27.6 Å². The minimum Gasteiger partial charge on any atom is -0.268 e. The van der Waals surface area contributed by atoms with E-state index < -0.39 is 21.9 Å². The van der Waals surface area contributed by atoms with Crippen molar-refractivity contribution in [2.24, 2.45) is 0 Å². The van der Waals surface area contributed by atoms with Gasteiger partial charge in [0.25, 0.3) is 5.56 Å². The van der Waals surface area contributed by atoms with Crippen LogP contribution in [-0.2, 0) is 11.5 Å². The molecule has 0 saturated heterocycles. The first-order chi connectivity index (χ1) is 8.34. The summed E-state index contributed by atoms with van der Waals surface area (Å²) in [6.45, 7) is 0. The van der Waals surface area contributed by atoms with Crippen molar-refractivity contribution in [3.05, 3.63) is 44.4 Å². The van der Waals surface area contributed by atoms with Crippen molar-refractivity contribution < 1.29 is 13.2 Å². The van der Waals surface area contributed by atoms with Crippen LogP contribution in [0.2, 0.25) is 0 Å². The lowest BCUT2D eigenvalue weighted by Crippen LogP contribution is -2.22. The average Bonchev–Trinajstić information content (AvgIpc) is 2.32. The quantitative estimate of drug-likeness (QED) is 0.705. The predicted molar refractivity (Wildman–Crippen MR) is 66.8 cm³/mol. The van der Waals surface area contributed by atoms with Crippen molar-refractivity contribution in [3.8, 4) is 0 Å². The third-order valence-electron chi connectivity index (χ3n) is 2.25. The van der Waals surface area contributed by atoms with Gasteiger partial charge in [-0.15, -0.1) is 0 Å². The van der Waals surface area contributed by atoms with Crippen molar-refractivity contribution in [3.63, 3.8) is 0 Å². The highest BCUT2D eigenvalue weighted by Crippen LogP contribution is 2.31. The smallest absolute Gasteiger partial charge is 0.268 e. The van der Waals surface area contributed by atoms with E-state index in [0.717, 1.165) is 9.96 Å². The molecule has 0 aliphatic carbocycles. The Morgan fingerprint density at radius 2 is 2.00 bits per heavy atom. The Hall–Kier alpha value is -0.890. The summed E-state index contributed by atoms with van der Waals surface area (Å²) in [7, 11) is 0. The fourth-order valence-electron chi connectivity index (χ4n) is 1.43. The minimum absolute atomic E-state index is 0.0415. The molecule has 2 rings (SSSR count). The molecule has 2 heterocycles. The fraction of sp³-hybridized carbons (Fsp3) is 0.200. The van der Waals surface area contributed by atoms with Crippen LogP contribution >= 0.6 is 31.9 Å². The number of aromatic nitrogens is 2. The average molecular weight is 386 g/mol. The van der Waals surface area contributed by atoms with E-state index >= 15 is 0 Å². The normalized spacial score (nSPS) is 12.1. The van der Waals surface area contributed by atoms with Crippen molar-refractivity contribution in [1.29, 1.82) is 0 Å². The number of halogens is 5. The van der Waals surface area contributed by atoms with Gasteiger partial charge < -0.3 is 0 Å². The van der Waals surface area contributed by atoms with E-state index in [1.165, 1.54) is 12.3 Å². The molecule has 96 valence electrons. The van der Waals surface area contributed by atoms with Gasteiger partial charge in [-0.1, -0.05) is 22.0 Å². The van der Waals surface area contributed by atoms with Gasteiger partial charge in [0.1, 0.15) is 10.1 Å². The second-order valence-corrected chi connectivity index (χ2v) is 4.83. The minimum atomic E-state index is -4.67. The third-order valence-corrected chi connectivity index (χ3v) is 3.61. The summed E-state index contributed by atoms with van der Waals surface area (Å²) in [4.78, 5) is 15.3. The van der Waals surface area contributed by atoms with Crippen molar-refractivity contribution >= 4 is 37.5 Å². The molecule has 0 aliphatic heterocycles. The van der Waals surface area contributed by atoms with E-state index in [0.29, 0.717) is 5.33 Å². The van der Waals surface area contributed by atoms with E-state index in [-0.39, 0.29) is 5.65 Å². The SMILES string of the molecule is O=c1c(Br)c(C(F)(F)F)nc2ccc(CBr)cn12. The molecule has 3 nitrogen and oxygen atoms in total. The number of hydrogen-bond acceptors (Lipinski definition) is 2. The Labute approximate surface area is 116 Å². The standard InChI is InChI=1S/C10H5Br2F3N2O/c11-3-5-1-2-6-16-8(10(13,14)15)7(12)9(18)17(6)4-5/h1-2,4H,3H2. The molecule has 8 heteroatoms. The fourth-order valence-corrected chi connectivity index (χ4v) is 2.26. The molecule has 0 saturated carbocycles. The summed E-state index contributed by atoms with van der Waals surface area (Å²) in [5.74, 6) is 0. The van der Waals surface area contributed by atoms with E-state index in [9.17, 15) is 18.0 Å². The molecule has 2 aromatic heterocycles. The van der Waals surface area contributed by atoms with Crippen LogP contribution in [0.15, 0.2) is 27.6 Å². The lowest BCUT2D eigenvalue weighted by atomic mass is 10.3. The van der Waals surface area contributed by atoms with Crippen LogP contribution in [0.4, 0.5) is 13.2 Å². The Balaban J connectivity index is 2.83. The summed E-state index contributed by atoms with van der Waals surface area (Å²) in [5, 5.41) is 0.494. The monoisotopic (exact) mass is 384 g/mol. The molecule has 0 bridgehead atoms. The molecule has 18 heavy (non-hydrogen) atoms. The van der Waals surface area contributed by atoms with Crippen LogP contribution in [0, 0.1) is 0 Å². The highest BCUT2D eigenvalue weighted by molar-refractivity contribution is 9.10. The summed E-state index contributed by atoms with van der Waals surface area (Å²) < 4.78 is 38.5. The van der Waals surface area contributed by atoms with Crippen LogP contribution in [0.25, 0.3) is 5.65 Å². The number of nitrogens with zero attached hydrogens (tertiary/aromatic N) is 2. The number of alkyl halides is 4.